The number of benzene rings is 1. The van der Waals surface area contributed by atoms with E-state index in [1.807, 2.05) is 22.6 Å². The number of halogens is 2. The van der Waals surface area contributed by atoms with Crippen LogP contribution in [0.25, 0.3) is 0 Å². The van der Waals surface area contributed by atoms with Crippen LogP contribution in [-0.2, 0) is 9.59 Å². The minimum atomic E-state index is -1.13. The zero-order chi connectivity index (χ0) is 13.7. The zero-order valence-corrected chi connectivity index (χ0v) is 11.7. The first kappa shape index (κ1) is 14.7. The van der Waals surface area contributed by atoms with Crippen molar-refractivity contribution >= 4 is 40.2 Å². The SMILES string of the molecule is CC(=O)NC(CNc1ccc(F)cc1I)C(=O)O. The summed E-state index contributed by atoms with van der Waals surface area (Å²) in [7, 11) is 0. The van der Waals surface area contributed by atoms with Gasteiger partial charge >= 0.3 is 5.97 Å². The van der Waals surface area contributed by atoms with Gasteiger partial charge in [-0.05, 0) is 40.8 Å². The molecule has 1 atom stereocenters. The number of carboxylic acid groups (broad SMARTS) is 1. The predicted molar refractivity (Wildman–Crippen MR) is 72.8 cm³/mol. The molecule has 0 aromatic heterocycles. The molecule has 5 nitrogen and oxygen atoms in total. The first-order valence-corrected chi connectivity index (χ1v) is 6.17. The second-order valence-electron chi connectivity index (χ2n) is 3.60. The van der Waals surface area contributed by atoms with Crippen LogP contribution in [0, 0.1) is 9.39 Å². The van der Waals surface area contributed by atoms with Crippen LogP contribution in [0.5, 0.6) is 0 Å². The maximum absolute atomic E-state index is 12.9. The van der Waals surface area contributed by atoms with Gasteiger partial charge in [0, 0.05) is 22.7 Å². The molecular weight excluding hydrogens is 354 g/mol. The zero-order valence-electron chi connectivity index (χ0n) is 9.54. The Balaban J connectivity index is 2.66. The third-order valence-electron chi connectivity index (χ3n) is 2.10. The number of anilines is 1. The van der Waals surface area contributed by atoms with E-state index in [9.17, 15) is 14.0 Å². The number of aliphatic carboxylic acids is 1. The Morgan fingerprint density at radius 1 is 1.50 bits per heavy atom. The van der Waals surface area contributed by atoms with Crippen molar-refractivity contribution in [3.63, 3.8) is 0 Å². The molecule has 0 spiro atoms. The maximum atomic E-state index is 12.9. The number of hydrogen-bond acceptors (Lipinski definition) is 3. The molecule has 0 radical (unpaired) electrons. The highest BCUT2D eigenvalue weighted by Gasteiger charge is 2.18. The molecule has 0 aliphatic carbocycles. The molecule has 1 unspecified atom stereocenters. The molecule has 1 amide bonds. The molecule has 7 heteroatoms. The fourth-order valence-corrected chi connectivity index (χ4v) is 1.96. The van der Waals surface area contributed by atoms with Gasteiger partial charge in [0.25, 0.3) is 0 Å². The van der Waals surface area contributed by atoms with Crippen molar-refractivity contribution in [2.75, 3.05) is 11.9 Å². The Labute approximate surface area is 117 Å². The van der Waals surface area contributed by atoms with Crippen LogP contribution >= 0.6 is 22.6 Å². The second kappa shape index (κ2) is 6.53. The Hall–Kier alpha value is -1.38. The highest BCUT2D eigenvalue weighted by Crippen LogP contribution is 2.18. The van der Waals surface area contributed by atoms with Gasteiger partial charge in [-0.3, -0.25) is 4.79 Å². The molecule has 0 aliphatic rings. The van der Waals surface area contributed by atoms with Crippen LogP contribution in [0.4, 0.5) is 10.1 Å². The van der Waals surface area contributed by atoms with Crippen LogP contribution < -0.4 is 10.6 Å². The number of hydrogen-bond donors (Lipinski definition) is 3. The fraction of sp³-hybridized carbons (Fsp3) is 0.273. The number of carbonyl (C=O) groups excluding carboxylic acids is 1. The Morgan fingerprint density at radius 3 is 2.67 bits per heavy atom. The summed E-state index contributed by atoms with van der Waals surface area (Å²) in [5.74, 6) is -1.91. The smallest absolute Gasteiger partial charge is 0.328 e. The molecule has 0 bridgehead atoms. The Morgan fingerprint density at radius 2 is 2.17 bits per heavy atom. The lowest BCUT2D eigenvalue weighted by atomic mass is 10.2. The average Bonchev–Trinajstić information content (AvgIpc) is 2.25. The van der Waals surface area contributed by atoms with Crippen LogP contribution in [0.3, 0.4) is 0 Å². The number of carboxylic acids is 1. The van der Waals surface area contributed by atoms with Crippen LogP contribution in [0.2, 0.25) is 0 Å². The quantitative estimate of drug-likeness (QED) is 0.689. The second-order valence-corrected chi connectivity index (χ2v) is 4.76. The van der Waals surface area contributed by atoms with Crippen molar-refractivity contribution in [3.05, 3.63) is 27.6 Å². The van der Waals surface area contributed by atoms with E-state index in [1.165, 1.54) is 25.1 Å². The summed E-state index contributed by atoms with van der Waals surface area (Å²) >= 11 is 1.94. The number of rotatable bonds is 5. The van der Waals surface area contributed by atoms with E-state index >= 15 is 0 Å². The largest absolute Gasteiger partial charge is 0.480 e. The van der Waals surface area contributed by atoms with Gasteiger partial charge in [0.1, 0.15) is 11.9 Å². The summed E-state index contributed by atoms with van der Waals surface area (Å²) in [4.78, 5) is 21.7. The monoisotopic (exact) mass is 366 g/mol. The number of nitrogens with one attached hydrogen (secondary N) is 2. The van der Waals surface area contributed by atoms with E-state index in [4.69, 9.17) is 5.11 Å². The first-order chi connectivity index (χ1) is 8.40. The van der Waals surface area contributed by atoms with Crippen molar-refractivity contribution in [2.45, 2.75) is 13.0 Å². The molecule has 0 aliphatic heterocycles. The summed E-state index contributed by atoms with van der Waals surface area (Å²) in [5, 5.41) is 14.1. The summed E-state index contributed by atoms with van der Waals surface area (Å²) in [6.07, 6.45) is 0. The summed E-state index contributed by atoms with van der Waals surface area (Å²) in [6, 6.07) is 3.10. The third kappa shape index (κ3) is 4.47. The molecule has 0 heterocycles. The highest BCUT2D eigenvalue weighted by atomic mass is 127. The van der Waals surface area contributed by atoms with E-state index in [-0.39, 0.29) is 12.4 Å². The maximum Gasteiger partial charge on any atom is 0.328 e. The van der Waals surface area contributed by atoms with Gasteiger partial charge in [0.15, 0.2) is 0 Å². The van der Waals surface area contributed by atoms with Crippen molar-refractivity contribution in [3.8, 4) is 0 Å². The molecule has 1 aromatic rings. The summed E-state index contributed by atoms with van der Waals surface area (Å²) in [6.45, 7) is 1.27. The van der Waals surface area contributed by atoms with Gasteiger partial charge in [-0.25, -0.2) is 9.18 Å². The van der Waals surface area contributed by atoms with Crippen LogP contribution in [0.15, 0.2) is 18.2 Å². The standard InChI is InChI=1S/C11H12FIN2O3/c1-6(16)15-10(11(17)18)5-14-9-3-2-7(12)4-8(9)13/h2-4,10,14H,5H2,1H3,(H,15,16)(H,17,18). The minimum absolute atomic E-state index is 0.0244. The Kier molecular flexibility index (Phi) is 5.32. The van der Waals surface area contributed by atoms with Gasteiger partial charge in [-0.15, -0.1) is 0 Å². The lowest BCUT2D eigenvalue weighted by Crippen LogP contribution is -2.44. The van der Waals surface area contributed by atoms with Crippen molar-refractivity contribution in [1.29, 1.82) is 0 Å². The van der Waals surface area contributed by atoms with Gasteiger partial charge < -0.3 is 15.7 Å². The van der Waals surface area contributed by atoms with Gasteiger partial charge in [0.2, 0.25) is 5.91 Å². The molecular formula is C11H12FIN2O3. The first-order valence-electron chi connectivity index (χ1n) is 5.09. The van der Waals surface area contributed by atoms with Crippen LogP contribution in [-0.4, -0.2) is 29.6 Å². The van der Waals surface area contributed by atoms with E-state index < -0.39 is 17.9 Å². The van der Waals surface area contributed by atoms with Crippen molar-refractivity contribution < 1.29 is 19.1 Å². The van der Waals surface area contributed by atoms with E-state index in [0.29, 0.717) is 9.26 Å². The molecule has 1 rings (SSSR count). The molecule has 98 valence electrons. The molecule has 0 fully saturated rings. The summed E-state index contributed by atoms with van der Waals surface area (Å²) in [5.41, 5.74) is 0.619. The molecule has 0 saturated heterocycles. The highest BCUT2D eigenvalue weighted by molar-refractivity contribution is 14.1. The lowest BCUT2D eigenvalue weighted by Gasteiger charge is -2.15. The Bertz CT molecular complexity index is 468. The fourth-order valence-electron chi connectivity index (χ4n) is 1.29. The van der Waals surface area contributed by atoms with Crippen molar-refractivity contribution in [1.82, 2.24) is 5.32 Å². The number of amides is 1. The summed E-state index contributed by atoms with van der Waals surface area (Å²) < 4.78 is 13.5. The molecule has 3 N–H and O–H groups in total. The van der Waals surface area contributed by atoms with Crippen LogP contribution in [0.1, 0.15) is 6.92 Å². The minimum Gasteiger partial charge on any atom is -0.480 e. The molecule has 0 saturated carbocycles. The van der Waals surface area contributed by atoms with Gasteiger partial charge in [0.05, 0.1) is 0 Å². The van der Waals surface area contributed by atoms with Crippen molar-refractivity contribution in [2.24, 2.45) is 0 Å². The predicted octanol–water partition coefficient (Wildman–Crippen LogP) is 1.43. The normalized spacial score (nSPS) is 11.7. The molecule has 1 aromatic carbocycles. The van der Waals surface area contributed by atoms with Gasteiger partial charge in [-0.2, -0.15) is 0 Å². The number of carbonyl (C=O) groups is 2. The van der Waals surface area contributed by atoms with E-state index in [0.717, 1.165) is 0 Å². The van der Waals surface area contributed by atoms with E-state index in [1.54, 1.807) is 0 Å². The lowest BCUT2D eigenvalue weighted by molar-refractivity contribution is -0.141. The van der Waals surface area contributed by atoms with E-state index in [2.05, 4.69) is 10.6 Å². The average molecular weight is 366 g/mol. The molecule has 18 heavy (non-hydrogen) atoms. The topological polar surface area (TPSA) is 78.4 Å². The van der Waals surface area contributed by atoms with Gasteiger partial charge in [-0.1, -0.05) is 0 Å². The third-order valence-corrected chi connectivity index (χ3v) is 3.00.